The van der Waals surface area contributed by atoms with Gasteiger partial charge in [0, 0.05) is 19.1 Å². The fourth-order valence-electron chi connectivity index (χ4n) is 3.30. The molecule has 0 bridgehead atoms. The molecule has 2 nitrogen and oxygen atoms in total. The lowest BCUT2D eigenvalue weighted by Gasteiger charge is -2.29. The quantitative estimate of drug-likeness (QED) is 0.881. The van der Waals surface area contributed by atoms with Crippen LogP contribution in [-0.2, 0) is 19.4 Å². The van der Waals surface area contributed by atoms with E-state index in [2.05, 4.69) is 59.5 Å². The van der Waals surface area contributed by atoms with Crippen LogP contribution in [0.2, 0.25) is 0 Å². The van der Waals surface area contributed by atoms with Crippen LogP contribution in [0.5, 0.6) is 0 Å². The van der Waals surface area contributed by atoms with Crippen LogP contribution in [-0.4, -0.2) is 24.0 Å². The minimum Gasteiger partial charge on any atom is -0.330 e. The molecule has 2 N–H and O–H groups in total. The van der Waals surface area contributed by atoms with Gasteiger partial charge in [-0.05, 0) is 42.5 Å². The summed E-state index contributed by atoms with van der Waals surface area (Å²) in [6.45, 7) is 2.88. The van der Waals surface area contributed by atoms with Gasteiger partial charge >= 0.3 is 0 Å². The maximum atomic E-state index is 5.73. The Morgan fingerprint density at radius 2 is 1.52 bits per heavy atom. The van der Waals surface area contributed by atoms with Crippen molar-refractivity contribution in [3.8, 4) is 0 Å². The van der Waals surface area contributed by atoms with Gasteiger partial charge in [0.05, 0.1) is 0 Å². The van der Waals surface area contributed by atoms with Gasteiger partial charge in [-0.25, -0.2) is 0 Å². The number of rotatable bonds is 6. The van der Waals surface area contributed by atoms with Crippen molar-refractivity contribution in [3.05, 3.63) is 71.3 Å². The molecule has 0 heterocycles. The Balaban J connectivity index is 1.71. The molecule has 21 heavy (non-hydrogen) atoms. The topological polar surface area (TPSA) is 29.3 Å². The number of nitrogens with two attached hydrogens (primary N) is 1. The molecule has 0 unspecified atom stereocenters. The second-order valence-corrected chi connectivity index (χ2v) is 5.93. The van der Waals surface area contributed by atoms with Crippen molar-refractivity contribution in [1.82, 2.24) is 4.90 Å². The van der Waals surface area contributed by atoms with Gasteiger partial charge in [0.1, 0.15) is 0 Å². The van der Waals surface area contributed by atoms with E-state index in [1.807, 2.05) is 0 Å². The zero-order chi connectivity index (χ0) is 14.5. The molecule has 0 amide bonds. The van der Waals surface area contributed by atoms with E-state index in [1.165, 1.54) is 29.5 Å². The van der Waals surface area contributed by atoms with Crippen molar-refractivity contribution in [3.63, 3.8) is 0 Å². The largest absolute Gasteiger partial charge is 0.330 e. The van der Waals surface area contributed by atoms with Gasteiger partial charge in [0.2, 0.25) is 0 Å². The van der Waals surface area contributed by atoms with E-state index >= 15 is 0 Å². The molecule has 3 rings (SSSR count). The maximum absolute atomic E-state index is 5.73. The number of hydrogen-bond donors (Lipinski definition) is 1. The molecule has 2 heteroatoms. The molecule has 2 aromatic carbocycles. The summed E-state index contributed by atoms with van der Waals surface area (Å²) in [6.07, 6.45) is 3.42. The zero-order valence-corrected chi connectivity index (χ0v) is 12.5. The van der Waals surface area contributed by atoms with E-state index in [4.69, 9.17) is 5.73 Å². The number of hydrogen-bond acceptors (Lipinski definition) is 2. The van der Waals surface area contributed by atoms with E-state index in [9.17, 15) is 0 Å². The predicted molar refractivity (Wildman–Crippen MR) is 88.2 cm³/mol. The molecule has 1 aliphatic rings. The third-order valence-electron chi connectivity index (χ3n) is 4.42. The number of fused-ring (bicyclic) bond motifs is 1. The van der Waals surface area contributed by atoms with Crippen LogP contribution in [0.4, 0.5) is 0 Å². The molecule has 0 saturated carbocycles. The molecule has 110 valence electrons. The highest BCUT2D eigenvalue weighted by Gasteiger charge is 2.26. The standard InChI is InChI=1S/C19H24N2/c20-11-6-12-21(15-16-7-2-1-3-8-16)19-13-17-9-4-5-10-18(17)14-19/h1-5,7-10,19H,6,11-15,20H2. The fraction of sp³-hybridized carbons (Fsp3) is 0.368. The van der Waals surface area contributed by atoms with Gasteiger partial charge in [-0.3, -0.25) is 4.90 Å². The summed E-state index contributed by atoms with van der Waals surface area (Å²) in [5.41, 5.74) is 10.2. The third kappa shape index (κ3) is 3.52. The summed E-state index contributed by atoms with van der Waals surface area (Å²) in [5.74, 6) is 0. The second kappa shape index (κ2) is 6.88. The summed E-state index contributed by atoms with van der Waals surface area (Å²) >= 11 is 0. The van der Waals surface area contributed by atoms with Crippen LogP contribution in [0.3, 0.4) is 0 Å². The molecular weight excluding hydrogens is 256 g/mol. The fourth-order valence-corrected chi connectivity index (χ4v) is 3.30. The van der Waals surface area contributed by atoms with Gasteiger partial charge in [-0.1, -0.05) is 54.6 Å². The van der Waals surface area contributed by atoms with E-state index in [-0.39, 0.29) is 0 Å². The zero-order valence-electron chi connectivity index (χ0n) is 12.5. The summed E-state index contributed by atoms with van der Waals surface area (Å²) in [7, 11) is 0. The third-order valence-corrected chi connectivity index (χ3v) is 4.42. The summed E-state index contributed by atoms with van der Waals surface area (Å²) in [5, 5.41) is 0. The van der Waals surface area contributed by atoms with Gasteiger partial charge in [-0.15, -0.1) is 0 Å². The highest BCUT2D eigenvalue weighted by molar-refractivity contribution is 5.33. The molecule has 1 aliphatic carbocycles. The molecule has 0 fully saturated rings. The SMILES string of the molecule is NCCCN(Cc1ccccc1)C1Cc2ccccc2C1. The molecule has 0 saturated heterocycles. The Morgan fingerprint density at radius 3 is 2.14 bits per heavy atom. The predicted octanol–water partition coefficient (Wildman–Crippen LogP) is 3.00. The van der Waals surface area contributed by atoms with Crippen molar-refractivity contribution in [2.24, 2.45) is 5.73 Å². The highest BCUT2D eigenvalue weighted by atomic mass is 15.2. The lowest BCUT2D eigenvalue weighted by molar-refractivity contribution is 0.191. The van der Waals surface area contributed by atoms with Gasteiger partial charge in [-0.2, -0.15) is 0 Å². The second-order valence-electron chi connectivity index (χ2n) is 5.93. The van der Waals surface area contributed by atoms with E-state index in [0.717, 1.165) is 26.1 Å². The first kappa shape index (κ1) is 14.3. The lowest BCUT2D eigenvalue weighted by Crippen LogP contribution is -2.37. The Morgan fingerprint density at radius 1 is 0.905 bits per heavy atom. The normalized spacial score (nSPS) is 14.6. The lowest BCUT2D eigenvalue weighted by atomic mass is 10.1. The molecule has 0 aromatic heterocycles. The number of nitrogens with zero attached hydrogens (tertiary/aromatic N) is 1. The molecule has 0 aliphatic heterocycles. The molecule has 2 aromatic rings. The van der Waals surface area contributed by atoms with Crippen molar-refractivity contribution in [1.29, 1.82) is 0 Å². The molecule has 0 atom stereocenters. The van der Waals surface area contributed by atoms with Crippen LogP contribution in [0, 0.1) is 0 Å². The average molecular weight is 280 g/mol. The Labute approximate surface area is 127 Å². The molecule has 0 spiro atoms. The van der Waals surface area contributed by atoms with Crippen LogP contribution >= 0.6 is 0 Å². The minimum atomic E-state index is 0.620. The first-order chi connectivity index (χ1) is 10.4. The monoisotopic (exact) mass is 280 g/mol. The van der Waals surface area contributed by atoms with Crippen LogP contribution in [0.1, 0.15) is 23.1 Å². The Hall–Kier alpha value is -1.64. The van der Waals surface area contributed by atoms with E-state index < -0.39 is 0 Å². The van der Waals surface area contributed by atoms with E-state index in [0.29, 0.717) is 6.04 Å². The van der Waals surface area contributed by atoms with Gasteiger partial charge in [0.25, 0.3) is 0 Å². The first-order valence-corrected chi connectivity index (χ1v) is 7.91. The Bertz CT molecular complexity index is 540. The van der Waals surface area contributed by atoms with Crippen LogP contribution in [0.25, 0.3) is 0 Å². The summed E-state index contributed by atoms with van der Waals surface area (Å²) < 4.78 is 0. The number of benzene rings is 2. The van der Waals surface area contributed by atoms with Crippen LogP contribution in [0.15, 0.2) is 54.6 Å². The minimum absolute atomic E-state index is 0.620. The summed E-state index contributed by atoms with van der Waals surface area (Å²) in [6, 6.07) is 20.3. The smallest absolute Gasteiger partial charge is 0.0236 e. The summed E-state index contributed by atoms with van der Waals surface area (Å²) in [4.78, 5) is 2.61. The molecular formula is C19H24N2. The molecule has 0 radical (unpaired) electrons. The van der Waals surface area contributed by atoms with Gasteiger partial charge in [0.15, 0.2) is 0 Å². The highest BCUT2D eigenvalue weighted by Crippen LogP contribution is 2.26. The van der Waals surface area contributed by atoms with Crippen molar-refractivity contribution in [2.75, 3.05) is 13.1 Å². The van der Waals surface area contributed by atoms with Gasteiger partial charge < -0.3 is 5.73 Å². The van der Waals surface area contributed by atoms with Crippen molar-refractivity contribution in [2.45, 2.75) is 31.8 Å². The average Bonchev–Trinajstić information content (AvgIpc) is 2.96. The van der Waals surface area contributed by atoms with E-state index in [1.54, 1.807) is 0 Å². The van der Waals surface area contributed by atoms with Crippen molar-refractivity contribution < 1.29 is 0 Å². The Kier molecular flexibility index (Phi) is 4.69. The maximum Gasteiger partial charge on any atom is 0.0236 e. The van der Waals surface area contributed by atoms with Crippen LogP contribution < -0.4 is 5.73 Å². The first-order valence-electron chi connectivity index (χ1n) is 7.91. The van der Waals surface area contributed by atoms with Crippen molar-refractivity contribution >= 4 is 0 Å².